The molecule has 3 heterocycles. The Morgan fingerprint density at radius 1 is 1.38 bits per heavy atom. The first-order chi connectivity index (χ1) is 11.5. The minimum atomic E-state index is -0.862. The van der Waals surface area contributed by atoms with E-state index in [2.05, 4.69) is 25.8 Å². The third-order valence-corrected chi connectivity index (χ3v) is 3.40. The number of nitrogens with one attached hydrogen (secondary N) is 2. The Balaban J connectivity index is 1.59. The topological polar surface area (TPSA) is 130 Å². The van der Waals surface area contributed by atoms with E-state index in [4.69, 9.17) is 4.52 Å². The number of nitrogens with zero attached hydrogens (tertiary/aromatic N) is 4. The molecule has 1 aliphatic heterocycles. The van der Waals surface area contributed by atoms with E-state index in [1.807, 2.05) is 0 Å². The quantitative estimate of drug-likeness (QED) is 0.719. The number of carbonyl (C=O) groups excluding carboxylic acids is 3. The van der Waals surface area contributed by atoms with Gasteiger partial charge in [-0.25, -0.2) is 4.79 Å². The zero-order valence-corrected chi connectivity index (χ0v) is 12.7. The molecule has 0 radical (unpaired) electrons. The highest BCUT2D eigenvalue weighted by atomic mass is 16.5. The number of pyridine rings is 1. The van der Waals surface area contributed by atoms with Crippen molar-refractivity contribution in [3.05, 3.63) is 30.3 Å². The molecular weight excluding hydrogens is 316 g/mol. The number of carbonyl (C=O) groups is 3. The third-order valence-electron chi connectivity index (χ3n) is 3.40. The number of hydrogen-bond donors (Lipinski definition) is 2. The van der Waals surface area contributed by atoms with Crippen molar-refractivity contribution in [2.45, 2.75) is 19.0 Å². The maximum atomic E-state index is 12.1. The lowest BCUT2D eigenvalue weighted by Crippen LogP contribution is -2.37. The highest BCUT2D eigenvalue weighted by Gasteiger charge is 2.32. The Bertz CT molecular complexity index is 775. The molecule has 2 aromatic heterocycles. The van der Waals surface area contributed by atoms with Gasteiger partial charge in [-0.1, -0.05) is 11.2 Å². The first-order valence-electron chi connectivity index (χ1n) is 7.12. The summed E-state index contributed by atoms with van der Waals surface area (Å²) in [7, 11) is 1.54. The van der Waals surface area contributed by atoms with Crippen LogP contribution in [0.15, 0.2) is 28.9 Å². The Morgan fingerprint density at radius 3 is 2.88 bits per heavy atom. The number of hydrogen-bond acceptors (Lipinski definition) is 7. The summed E-state index contributed by atoms with van der Waals surface area (Å²) in [6.45, 7) is 0.0843. The van der Waals surface area contributed by atoms with Crippen LogP contribution in [0.3, 0.4) is 0 Å². The lowest BCUT2D eigenvalue weighted by atomic mass is 10.2. The molecule has 10 heteroatoms. The van der Waals surface area contributed by atoms with Crippen LogP contribution in [0, 0.1) is 0 Å². The lowest BCUT2D eigenvalue weighted by molar-refractivity contribution is -0.133. The van der Waals surface area contributed by atoms with Crippen molar-refractivity contribution in [1.29, 1.82) is 0 Å². The van der Waals surface area contributed by atoms with E-state index in [9.17, 15) is 14.4 Å². The Kier molecular flexibility index (Phi) is 4.18. The molecule has 3 rings (SSSR count). The lowest BCUT2D eigenvalue weighted by Gasteiger charge is -2.16. The maximum Gasteiger partial charge on any atom is 0.322 e. The first-order valence-corrected chi connectivity index (χ1v) is 7.12. The second-order valence-electron chi connectivity index (χ2n) is 5.20. The fourth-order valence-corrected chi connectivity index (χ4v) is 2.14. The highest BCUT2D eigenvalue weighted by molar-refractivity contribution is 6.05. The third kappa shape index (κ3) is 3.37. The van der Waals surface area contributed by atoms with Gasteiger partial charge in [-0.05, 0) is 12.1 Å². The van der Waals surface area contributed by atoms with E-state index in [0.717, 1.165) is 0 Å². The van der Waals surface area contributed by atoms with Gasteiger partial charge in [0.1, 0.15) is 11.7 Å². The molecule has 1 saturated heterocycles. The number of imide groups is 1. The van der Waals surface area contributed by atoms with Gasteiger partial charge in [-0.15, -0.1) is 0 Å². The molecule has 1 atom stereocenters. The predicted molar refractivity (Wildman–Crippen MR) is 79.1 cm³/mol. The molecular formula is C14H14N6O4. The normalized spacial score (nSPS) is 16.6. The average molecular weight is 330 g/mol. The van der Waals surface area contributed by atoms with Crippen molar-refractivity contribution in [3.63, 3.8) is 0 Å². The van der Waals surface area contributed by atoms with Gasteiger partial charge in [-0.3, -0.25) is 19.9 Å². The molecule has 2 N–H and O–H groups in total. The predicted octanol–water partition coefficient (Wildman–Crippen LogP) is -0.312. The molecule has 1 aliphatic rings. The molecule has 0 spiro atoms. The summed E-state index contributed by atoms with van der Waals surface area (Å²) < 4.78 is 5.10. The molecule has 2 aromatic rings. The van der Waals surface area contributed by atoms with E-state index in [1.165, 1.54) is 4.90 Å². The van der Waals surface area contributed by atoms with Crippen LogP contribution in [0.5, 0.6) is 0 Å². The Morgan fingerprint density at radius 2 is 2.21 bits per heavy atom. The van der Waals surface area contributed by atoms with Gasteiger partial charge in [0.15, 0.2) is 0 Å². The number of amides is 4. The van der Waals surface area contributed by atoms with Gasteiger partial charge in [0.25, 0.3) is 5.91 Å². The fourth-order valence-electron chi connectivity index (χ4n) is 2.14. The average Bonchev–Trinajstić information content (AvgIpc) is 3.15. The number of rotatable bonds is 5. The van der Waals surface area contributed by atoms with Gasteiger partial charge in [0.05, 0.1) is 13.0 Å². The van der Waals surface area contributed by atoms with Crippen LogP contribution in [-0.4, -0.2) is 51.0 Å². The monoisotopic (exact) mass is 330 g/mol. The summed E-state index contributed by atoms with van der Waals surface area (Å²) in [5, 5.41) is 8.26. The van der Waals surface area contributed by atoms with E-state index >= 15 is 0 Å². The van der Waals surface area contributed by atoms with Gasteiger partial charge >= 0.3 is 6.03 Å². The van der Waals surface area contributed by atoms with Crippen molar-refractivity contribution in [1.82, 2.24) is 30.7 Å². The minimum absolute atomic E-state index is 0.0843. The van der Waals surface area contributed by atoms with Crippen molar-refractivity contribution in [2.75, 3.05) is 7.05 Å². The van der Waals surface area contributed by atoms with Crippen molar-refractivity contribution < 1.29 is 18.9 Å². The molecule has 124 valence electrons. The maximum absolute atomic E-state index is 12.1. The molecule has 24 heavy (non-hydrogen) atoms. The molecule has 0 aliphatic carbocycles. The SMILES string of the molecule is CN(Cc1nc(-c2ccccn2)no1)C(=O)CC1NC(=O)NC1=O. The summed E-state index contributed by atoms with van der Waals surface area (Å²) in [6, 6.07) is 3.85. The zero-order chi connectivity index (χ0) is 17.1. The van der Waals surface area contributed by atoms with Gasteiger partial charge in [0, 0.05) is 13.2 Å². The summed E-state index contributed by atoms with van der Waals surface area (Å²) in [4.78, 5) is 44.2. The number of urea groups is 1. The minimum Gasteiger partial charge on any atom is -0.337 e. The zero-order valence-electron chi connectivity index (χ0n) is 12.7. The van der Waals surface area contributed by atoms with Gasteiger partial charge in [0.2, 0.25) is 17.6 Å². The van der Waals surface area contributed by atoms with Crippen LogP contribution >= 0.6 is 0 Å². The molecule has 0 saturated carbocycles. The van der Waals surface area contributed by atoms with Crippen LogP contribution in [0.1, 0.15) is 12.3 Å². The van der Waals surface area contributed by atoms with E-state index in [-0.39, 0.29) is 24.8 Å². The van der Waals surface area contributed by atoms with E-state index in [1.54, 1.807) is 31.4 Å². The van der Waals surface area contributed by atoms with Gasteiger partial charge < -0.3 is 14.7 Å². The summed E-state index contributed by atoms with van der Waals surface area (Å²) in [5.41, 5.74) is 0.562. The van der Waals surface area contributed by atoms with Gasteiger partial charge in [-0.2, -0.15) is 4.98 Å². The second kappa shape index (κ2) is 6.44. The Labute approximate surface area is 136 Å². The molecule has 0 aromatic carbocycles. The van der Waals surface area contributed by atoms with Crippen molar-refractivity contribution in [3.8, 4) is 11.5 Å². The largest absolute Gasteiger partial charge is 0.337 e. The van der Waals surface area contributed by atoms with Crippen LogP contribution in [0.2, 0.25) is 0 Å². The number of aromatic nitrogens is 3. The van der Waals surface area contributed by atoms with Crippen LogP contribution in [0.25, 0.3) is 11.5 Å². The van der Waals surface area contributed by atoms with Crippen molar-refractivity contribution in [2.24, 2.45) is 0 Å². The van der Waals surface area contributed by atoms with Crippen LogP contribution in [-0.2, 0) is 16.1 Å². The van der Waals surface area contributed by atoms with E-state index < -0.39 is 18.0 Å². The van der Waals surface area contributed by atoms with E-state index in [0.29, 0.717) is 11.5 Å². The molecule has 10 nitrogen and oxygen atoms in total. The molecule has 1 unspecified atom stereocenters. The summed E-state index contributed by atoms with van der Waals surface area (Å²) in [6.07, 6.45) is 1.47. The standard InChI is InChI=1S/C14H14N6O4/c1-20(11(21)6-9-13(22)18-14(23)16-9)7-10-17-12(19-24-10)8-4-2-3-5-15-8/h2-5,9H,6-7H2,1H3,(H2,16,18,22,23). The van der Waals surface area contributed by atoms with Crippen LogP contribution in [0.4, 0.5) is 4.79 Å². The summed E-state index contributed by atoms with van der Waals surface area (Å²) in [5.74, 6) is -0.285. The smallest absolute Gasteiger partial charge is 0.322 e. The molecule has 4 amide bonds. The fraction of sp³-hybridized carbons (Fsp3) is 0.286. The molecule has 1 fully saturated rings. The Hall–Kier alpha value is -3.30. The highest BCUT2D eigenvalue weighted by Crippen LogP contribution is 2.13. The second-order valence-corrected chi connectivity index (χ2v) is 5.20. The van der Waals surface area contributed by atoms with Crippen LogP contribution < -0.4 is 10.6 Å². The van der Waals surface area contributed by atoms with Crippen molar-refractivity contribution >= 4 is 17.8 Å². The first kappa shape index (κ1) is 15.6. The summed E-state index contributed by atoms with van der Waals surface area (Å²) >= 11 is 0. The molecule has 0 bridgehead atoms.